The molecule has 1 amide bonds. The van der Waals surface area contributed by atoms with E-state index in [2.05, 4.69) is 67.8 Å². The third kappa shape index (κ3) is 36.2. The van der Waals surface area contributed by atoms with E-state index in [0.29, 0.717) is 19.3 Å². The summed E-state index contributed by atoms with van der Waals surface area (Å²) in [5.74, 6) is -2.47. The number of nitrogens with one attached hydrogen (secondary N) is 1. The van der Waals surface area contributed by atoms with Gasteiger partial charge >= 0.3 is 19.8 Å². The van der Waals surface area contributed by atoms with Gasteiger partial charge in [0.1, 0.15) is 12.7 Å². The summed E-state index contributed by atoms with van der Waals surface area (Å²) in [6.07, 6.45) is 41.1. The highest BCUT2D eigenvalue weighted by Gasteiger charge is 2.28. The van der Waals surface area contributed by atoms with E-state index in [4.69, 9.17) is 13.8 Å². The van der Waals surface area contributed by atoms with Crippen LogP contribution in [-0.4, -0.2) is 64.9 Å². The third-order valence-corrected chi connectivity index (χ3v) is 9.23. The largest absolute Gasteiger partial charge is 0.480 e. The molecule has 0 aromatic carbocycles. The number of hydrogen-bond acceptors (Lipinski definition) is 8. The van der Waals surface area contributed by atoms with Gasteiger partial charge in [-0.3, -0.25) is 18.6 Å². The number of phosphoric ester groups is 1. The quantitative estimate of drug-likeness (QED) is 0.0206. The second-order valence-electron chi connectivity index (χ2n) is 13.5. The first-order valence-corrected chi connectivity index (χ1v) is 21.8. The molecular formula is C42H72NO10P. The first-order valence-electron chi connectivity index (χ1n) is 20.3. The Morgan fingerprint density at radius 2 is 1.04 bits per heavy atom. The number of aliphatic carboxylic acids is 1. The summed E-state index contributed by atoms with van der Waals surface area (Å²) in [6, 6.07) is -1.58. The number of carboxylic acid groups (broad SMARTS) is 1. The molecule has 0 bridgehead atoms. The number of aliphatic hydroxyl groups excluding tert-OH is 1. The number of ether oxygens (including phenoxy) is 1. The molecule has 0 aliphatic heterocycles. The van der Waals surface area contributed by atoms with Crippen LogP contribution in [0.4, 0.5) is 0 Å². The van der Waals surface area contributed by atoms with Crippen LogP contribution in [0.5, 0.6) is 0 Å². The highest BCUT2D eigenvalue weighted by molar-refractivity contribution is 7.47. The number of hydrogen-bond donors (Lipinski definition) is 4. The average Bonchev–Trinajstić information content (AvgIpc) is 3.14. The fraction of sp³-hybridized carbons (Fsp3) is 0.690. The van der Waals surface area contributed by atoms with Crippen molar-refractivity contribution in [2.75, 3.05) is 19.8 Å². The Hall–Kier alpha value is -2.82. The fourth-order valence-corrected chi connectivity index (χ4v) is 5.84. The minimum absolute atomic E-state index is 0.0666. The Labute approximate surface area is 326 Å². The normalized spacial score (nSPS) is 14.4. The standard InChI is InChI=1S/C42H72NO10P/c1-3-5-7-9-11-13-15-17-18-19-20-22-23-25-27-29-31-33-40(45)43-39(42(47)48)37-53-54(49,50)52-36-38(44)35-51-41(46)34-32-30-28-26-24-21-16-14-12-10-8-6-4-2/h11,13-14,16-18,20,22,25,27,38-39,44H,3-10,12,15,19,21,23-24,26,28-37H2,1-2H3,(H,43,45)(H,47,48)(H,49,50)/b13-11-,16-14-,18-17-,22-20-,27-25-. The Kier molecular flexibility index (Phi) is 35.2. The van der Waals surface area contributed by atoms with Gasteiger partial charge in [-0.25, -0.2) is 9.36 Å². The summed E-state index contributed by atoms with van der Waals surface area (Å²) in [4.78, 5) is 45.7. The van der Waals surface area contributed by atoms with Gasteiger partial charge in [0.2, 0.25) is 5.91 Å². The number of phosphoric acid groups is 1. The zero-order valence-electron chi connectivity index (χ0n) is 33.3. The lowest BCUT2D eigenvalue weighted by Gasteiger charge is -2.18. The highest BCUT2D eigenvalue weighted by Crippen LogP contribution is 2.43. The van der Waals surface area contributed by atoms with Crippen molar-refractivity contribution in [3.05, 3.63) is 60.8 Å². The molecule has 12 heteroatoms. The van der Waals surface area contributed by atoms with E-state index in [0.717, 1.165) is 64.2 Å². The van der Waals surface area contributed by atoms with Crippen molar-refractivity contribution < 1.29 is 47.8 Å². The van der Waals surface area contributed by atoms with Gasteiger partial charge in [0.05, 0.1) is 13.2 Å². The van der Waals surface area contributed by atoms with Crippen molar-refractivity contribution in [1.82, 2.24) is 5.32 Å². The molecule has 11 nitrogen and oxygen atoms in total. The lowest BCUT2D eigenvalue weighted by atomic mass is 10.1. The fourth-order valence-electron chi connectivity index (χ4n) is 5.06. The van der Waals surface area contributed by atoms with Crippen molar-refractivity contribution in [1.29, 1.82) is 0 Å². The molecular weight excluding hydrogens is 709 g/mol. The molecule has 0 aromatic heterocycles. The number of esters is 1. The summed E-state index contributed by atoms with van der Waals surface area (Å²) in [6.45, 7) is 2.47. The maximum atomic E-state index is 12.3. The van der Waals surface area contributed by atoms with Crippen molar-refractivity contribution >= 4 is 25.7 Å². The number of unbranched alkanes of at least 4 members (excludes halogenated alkanes) is 13. The molecule has 54 heavy (non-hydrogen) atoms. The van der Waals surface area contributed by atoms with Crippen LogP contribution in [0.3, 0.4) is 0 Å². The number of rotatable bonds is 37. The van der Waals surface area contributed by atoms with Gasteiger partial charge in [0.25, 0.3) is 0 Å². The van der Waals surface area contributed by atoms with E-state index in [1.165, 1.54) is 44.9 Å². The molecule has 4 N–H and O–H groups in total. The number of allylic oxidation sites excluding steroid dienone is 10. The molecule has 0 aliphatic rings. The SMILES string of the molecule is CCCCC/C=C\C/C=C\C/C=C\C/C=C\CCCC(=O)NC(COP(=O)(O)OCC(O)COC(=O)CCCCCCC/C=C\CCCCCC)C(=O)O. The summed E-state index contributed by atoms with van der Waals surface area (Å²) < 4.78 is 26.7. The summed E-state index contributed by atoms with van der Waals surface area (Å²) in [5, 5.41) is 21.7. The molecule has 0 radical (unpaired) electrons. The zero-order valence-corrected chi connectivity index (χ0v) is 34.1. The van der Waals surface area contributed by atoms with Gasteiger partial charge in [-0.1, -0.05) is 126 Å². The molecule has 0 heterocycles. The van der Waals surface area contributed by atoms with E-state index in [9.17, 15) is 34.1 Å². The van der Waals surface area contributed by atoms with Crippen molar-refractivity contribution in [2.45, 2.75) is 167 Å². The van der Waals surface area contributed by atoms with Gasteiger partial charge in [0, 0.05) is 12.8 Å². The second kappa shape index (κ2) is 37.1. The lowest BCUT2D eigenvalue weighted by Crippen LogP contribution is -2.43. The predicted molar refractivity (Wildman–Crippen MR) is 217 cm³/mol. The van der Waals surface area contributed by atoms with Gasteiger partial charge in [0.15, 0.2) is 6.04 Å². The zero-order chi connectivity index (χ0) is 40.0. The molecule has 0 rings (SSSR count). The van der Waals surface area contributed by atoms with Crippen LogP contribution in [0.2, 0.25) is 0 Å². The van der Waals surface area contributed by atoms with Gasteiger partial charge in [-0.05, 0) is 77.0 Å². The van der Waals surface area contributed by atoms with Crippen molar-refractivity contribution in [3.63, 3.8) is 0 Å². The second-order valence-corrected chi connectivity index (χ2v) is 14.9. The van der Waals surface area contributed by atoms with Gasteiger partial charge in [-0.2, -0.15) is 0 Å². The highest BCUT2D eigenvalue weighted by atomic mass is 31.2. The molecule has 310 valence electrons. The van der Waals surface area contributed by atoms with E-state index in [1.54, 1.807) is 0 Å². The number of aliphatic hydroxyl groups is 1. The molecule has 3 unspecified atom stereocenters. The average molecular weight is 782 g/mol. The maximum absolute atomic E-state index is 12.3. The van der Waals surface area contributed by atoms with Crippen molar-refractivity contribution in [3.8, 4) is 0 Å². The molecule has 0 spiro atoms. The van der Waals surface area contributed by atoms with Crippen LogP contribution in [0.25, 0.3) is 0 Å². The third-order valence-electron chi connectivity index (χ3n) is 8.28. The Morgan fingerprint density at radius 3 is 1.61 bits per heavy atom. The molecule has 0 saturated heterocycles. The summed E-state index contributed by atoms with van der Waals surface area (Å²) >= 11 is 0. The number of amides is 1. The summed E-state index contributed by atoms with van der Waals surface area (Å²) in [5.41, 5.74) is 0. The predicted octanol–water partition coefficient (Wildman–Crippen LogP) is 10.00. The monoisotopic (exact) mass is 781 g/mol. The molecule has 0 saturated carbocycles. The van der Waals surface area contributed by atoms with Crippen LogP contribution < -0.4 is 5.32 Å². The lowest BCUT2D eigenvalue weighted by molar-refractivity contribution is -0.147. The van der Waals surface area contributed by atoms with Crippen LogP contribution >= 0.6 is 7.82 Å². The molecule has 3 atom stereocenters. The Morgan fingerprint density at radius 1 is 0.593 bits per heavy atom. The van der Waals surface area contributed by atoms with E-state index < -0.39 is 57.6 Å². The molecule has 0 fully saturated rings. The molecule has 0 aromatic rings. The Bertz CT molecular complexity index is 1150. The maximum Gasteiger partial charge on any atom is 0.472 e. The number of carbonyl (C=O) groups is 3. The first kappa shape index (κ1) is 51.2. The number of carbonyl (C=O) groups excluding carboxylic acids is 2. The summed E-state index contributed by atoms with van der Waals surface area (Å²) in [7, 11) is -4.77. The topological polar surface area (TPSA) is 169 Å². The van der Waals surface area contributed by atoms with Gasteiger partial charge in [-0.15, -0.1) is 0 Å². The van der Waals surface area contributed by atoms with Crippen LogP contribution in [0, 0.1) is 0 Å². The molecule has 0 aliphatic carbocycles. The van der Waals surface area contributed by atoms with Crippen LogP contribution in [-0.2, 0) is 32.7 Å². The van der Waals surface area contributed by atoms with Crippen molar-refractivity contribution in [2.24, 2.45) is 0 Å². The van der Waals surface area contributed by atoms with E-state index in [-0.39, 0.29) is 12.8 Å². The van der Waals surface area contributed by atoms with Crippen LogP contribution in [0.15, 0.2) is 60.8 Å². The Balaban J connectivity index is 4.06. The number of carboxylic acids is 1. The van der Waals surface area contributed by atoms with Crippen LogP contribution in [0.1, 0.15) is 155 Å². The minimum Gasteiger partial charge on any atom is -0.480 e. The van der Waals surface area contributed by atoms with Gasteiger partial charge < -0.3 is 25.2 Å². The van der Waals surface area contributed by atoms with E-state index >= 15 is 0 Å². The minimum atomic E-state index is -4.77. The first-order chi connectivity index (χ1) is 26.1. The van der Waals surface area contributed by atoms with E-state index in [1.807, 2.05) is 12.2 Å². The smallest absolute Gasteiger partial charge is 0.472 e.